The van der Waals surface area contributed by atoms with Crippen LogP contribution in [0.3, 0.4) is 0 Å². The second-order valence-electron chi connectivity index (χ2n) is 2.83. The molecule has 1 aromatic heterocycles. The second kappa shape index (κ2) is 7.40. The van der Waals surface area contributed by atoms with E-state index >= 15 is 0 Å². The van der Waals surface area contributed by atoms with Crippen LogP contribution in [0.15, 0.2) is 31.0 Å². The molecule has 0 aliphatic rings. The minimum atomic E-state index is -0.958. The van der Waals surface area contributed by atoms with Crippen molar-refractivity contribution in [1.29, 1.82) is 0 Å². The molecule has 0 saturated carbocycles. The minimum absolute atomic E-state index is 0.207. The zero-order chi connectivity index (χ0) is 12.6. The summed E-state index contributed by atoms with van der Waals surface area (Å²) < 4.78 is 0. The number of aromatic nitrogens is 1. The van der Waals surface area contributed by atoms with Crippen LogP contribution in [0.4, 0.5) is 0 Å². The standard InChI is InChI=1S/C11H11NO2.C2H6/c1-3-4-5-10-8(2)6-9(7-12-10)11(13)14;1-2/h3-7H,1H2,2H3,(H,13,14);1-2H3/b5-4-;. The van der Waals surface area contributed by atoms with Gasteiger partial charge in [-0.15, -0.1) is 0 Å². The van der Waals surface area contributed by atoms with E-state index in [9.17, 15) is 4.79 Å². The van der Waals surface area contributed by atoms with E-state index in [0.29, 0.717) is 0 Å². The average molecular weight is 219 g/mol. The maximum Gasteiger partial charge on any atom is 0.337 e. The number of allylic oxidation sites excluding steroid dienone is 2. The summed E-state index contributed by atoms with van der Waals surface area (Å²) in [5.41, 5.74) is 1.80. The summed E-state index contributed by atoms with van der Waals surface area (Å²) in [7, 11) is 0. The van der Waals surface area contributed by atoms with Gasteiger partial charge in [-0.05, 0) is 24.6 Å². The number of carbonyl (C=O) groups is 1. The molecule has 1 heterocycles. The van der Waals surface area contributed by atoms with Gasteiger partial charge in [0.2, 0.25) is 0 Å². The zero-order valence-electron chi connectivity index (χ0n) is 9.90. The van der Waals surface area contributed by atoms with Crippen molar-refractivity contribution in [2.75, 3.05) is 0 Å². The van der Waals surface area contributed by atoms with Crippen molar-refractivity contribution in [2.24, 2.45) is 0 Å². The largest absolute Gasteiger partial charge is 0.478 e. The Morgan fingerprint density at radius 2 is 2.12 bits per heavy atom. The van der Waals surface area contributed by atoms with Gasteiger partial charge in [0, 0.05) is 6.20 Å². The van der Waals surface area contributed by atoms with Crippen LogP contribution in [-0.2, 0) is 0 Å². The van der Waals surface area contributed by atoms with E-state index in [-0.39, 0.29) is 5.56 Å². The number of carboxylic acid groups (broad SMARTS) is 1. The zero-order valence-corrected chi connectivity index (χ0v) is 9.90. The Hall–Kier alpha value is -1.90. The van der Waals surface area contributed by atoms with Crippen LogP contribution in [0.2, 0.25) is 0 Å². The topological polar surface area (TPSA) is 50.2 Å². The van der Waals surface area contributed by atoms with Crippen molar-refractivity contribution in [1.82, 2.24) is 4.98 Å². The molecular weight excluding hydrogens is 202 g/mol. The molecule has 0 aliphatic heterocycles. The van der Waals surface area contributed by atoms with E-state index in [1.165, 1.54) is 6.20 Å². The van der Waals surface area contributed by atoms with Crippen LogP contribution in [0.25, 0.3) is 6.08 Å². The molecule has 3 heteroatoms. The van der Waals surface area contributed by atoms with Gasteiger partial charge in [-0.3, -0.25) is 4.98 Å². The van der Waals surface area contributed by atoms with Gasteiger partial charge < -0.3 is 5.11 Å². The van der Waals surface area contributed by atoms with E-state index < -0.39 is 5.97 Å². The third kappa shape index (κ3) is 4.09. The third-order valence-electron chi connectivity index (χ3n) is 1.76. The Morgan fingerprint density at radius 3 is 2.56 bits per heavy atom. The Bertz CT molecular complexity index is 395. The van der Waals surface area contributed by atoms with Gasteiger partial charge in [-0.1, -0.05) is 32.6 Å². The lowest BCUT2D eigenvalue weighted by Gasteiger charge is -2.00. The van der Waals surface area contributed by atoms with Gasteiger partial charge in [0.05, 0.1) is 11.3 Å². The summed E-state index contributed by atoms with van der Waals surface area (Å²) >= 11 is 0. The number of nitrogens with zero attached hydrogens (tertiary/aromatic N) is 1. The van der Waals surface area contributed by atoms with Crippen LogP contribution < -0.4 is 0 Å². The van der Waals surface area contributed by atoms with E-state index in [1.54, 1.807) is 24.3 Å². The highest BCUT2D eigenvalue weighted by molar-refractivity contribution is 5.87. The first kappa shape index (κ1) is 14.1. The van der Waals surface area contributed by atoms with Gasteiger partial charge in [0.15, 0.2) is 0 Å². The molecule has 0 spiro atoms. The molecule has 0 saturated heterocycles. The summed E-state index contributed by atoms with van der Waals surface area (Å²) in [5, 5.41) is 8.70. The Kier molecular flexibility index (Phi) is 6.52. The summed E-state index contributed by atoms with van der Waals surface area (Å²) in [5.74, 6) is -0.958. The normalized spacial score (nSPS) is 9.44. The van der Waals surface area contributed by atoms with E-state index in [2.05, 4.69) is 11.6 Å². The van der Waals surface area contributed by atoms with Crippen LogP contribution in [-0.4, -0.2) is 16.1 Å². The van der Waals surface area contributed by atoms with Crippen molar-refractivity contribution < 1.29 is 9.90 Å². The van der Waals surface area contributed by atoms with Crippen LogP contribution in [0.1, 0.15) is 35.5 Å². The Morgan fingerprint density at radius 1 is 1.50 bits per heavy atom. The Balaban J connectivity index is 0.00000106. The average Bonchev–Trinajstić information content (AvgIpc) is 2.30. The molecular formula is C13H17NO2. The maximum absolute atomic E-state index is 10.6. The monoisotopic (exact) mass is 219 g/mol. The molecule has 1 N–H and O–H groups in total. The van der Waals surface area contributed by atoms with Gasteiger partial charge >= 0.3 is 5.97 Å². The van der Waals surface area contributed by atoms with Crippen molar-refractivity contribution in [3.05, 3.63) is 47.8 Å². The number of hydrogen-bond donors (Lipinski definition) is 1. The van der Waals surface area contributed by atoms with E-state index in [1.807, 2.05) is 20.8 Å². The number of pyridine rings is 1. The lowest BCUT2D eigenvalue weighted by molar-refractivity contribution is 0.0696. The number of aromatic carboxylic acids is 1. The smallest absolute Gasteiger partial charge is 0.337 e. The lowest BCUT2D eigenvalue weighted by Crippen LogP contribution is -1.99. The highest BCUT2D eigenvalue weighted by atomic mass is 16.4. The molecule has 16 heavy (non-hydrogen) atoms. The Labute approximate surface area is 96.2 Å². The highest BCUT2D eigenvalue weighted by Gasteiger charge is 2.04. The molecule has 0 amide bonds. The molecule has 0 fully saturated rings. The van der Waals surface area contributed by atoms with Crippen LogP contribution in [0.5, 0.6) is 0 Å². The summed E-state index contributed by atoms with van der Waals surface area (Å²) in [6.07, 6.45) is 6.54. The molecule has 0 atom stereocenters. The lowest BCUT2D eigenvalue weighted by atomic mass is 10.1. The molecule has 1 rings (SSSR count). The molecule has 0 aromatic carbocycles. The van der Waals surface area contributed by atoms with Crippen molar-refractivity contribution >= 4 is 12.0 Å². The van der Waals surface area contributed by atoms with Gasteiger partial charge in [-0.2, -0.15) is 0 Å². The van der Waals surface area contributed by atoms with Crippen LogP contribution >= 0.6 is 0 Å². The van der Waals surface area contributed by atoms with E-state index in [4.69, 9.17) is 5.11 Å². The molecule has 0 aliphatic carbocycles. The predicted octanol–water partition coefficient (Wildman–Crippen LogP) is 3.31. The first-order chi connectivity index (χ1) is 7.65. The van der Waals surface area contributed by atoms with Crippen molar-refractivity contribution in [3.8, 4) is 0 Å². The maximum atomic E-state index is 10.6. The summed E-state index contributed by atoms with van der Waals surface area (Å²) in [6.45, 7) is 9.36. The fraction of sp³-hybridized carbons (Fsp3) is 0.231. The van der Waals surface area contributed by atoms with E-state index in [0.717, 1.165) is 11.3 Å². The third-order valence-corrected chi connectivity index (χ3v) is 1.76. The molecule has 86 valence electrons. The first-order valence-electron chi connectivity index (χ1n) is 5.14. The number of hydrogen-bond acceptors (Lipinski definition) is 2. The molecule has 0 bridgehead atoms. The number of aryl methyl sites for hydroxylation is 1. The predicted molar refractivity (Wildman–Crippen MR) is 66.5 cm³/mol. The first-order valence-corrected chi connectivity index (χ1v) is 5.14. The van der Waals surface area contributed by atoms with Gasteiger partial charge in [0.25, 0.3) is 0 Å². The summed E-state index contributed by atoms with van der Waals surface area (Å²) in [4.78, 5) is 14.6. The van der Waals surface area contributed by atoms with Crippen molar-refractivity contribution in [3.63, 3.8) is 0 Å². The number of carboxylic acids is 1. The summed E-state index contributed by atoms with van der Waals surface area (Å²) in [6, 6.07) is 1.60. The molecule has 0 radical (unpaired) electrons. The van der Waals surface area contributed by atoms with Crippen molar-refractivity contribution in [2.45, 2.75) is 20.8 Å². The van der Waals surface area contributed by atoms with Gasteiger partial charge in [-0.25, -0.2) is 4.79 Å². The fourth-order valence-electron chi connectivity index (χ4n) is 1.04. The SMILES string of the molecule is C=C/C=C\c1ncc(C(=O)O)cc1C.CC. The quantitative estimate of drug-likeness (QED) is 0.793. The minimum Gasteiger partial charge on any atom is -0.478 e. The number of rotatable bonds is 3. The molecule has 3 nitrogen and oxygen atoms in total. The van der Waals surface area contributed by atoms with Gasteiger partial charge in [0.1, 0.15) is 0 Å². The van der Waals surface area contributed by atoms with Crippen LogP contribution in [0, 0.1) is 6.92 Å². The molecule has 1 aromatic rings. The highest BCUT2D eigenvalue weighted by Crippen LogP contribution is 2.09. The molecule has 0 unspecified atom stereocenters. The second-order valence-corrected chi connectivity index (χ2v) is 2.83. The fourth-order valence-corrected chi connectivity index (χ4v) is 1.04.